The molecule has 0 bridgehead atoms. The fourth-order valence-electron chi connectivity index (χ4n) is 6.42. The van der Waals surface area contributed by atoms with E-state index in [1.165, 1.54) is 16.2 Å². The van der Waals surface area contributed by atoms with Crippen molar-refractivity contribution in [1.29, 1.82) is 0 Å². The number of hydrogen-bond acceptors (Lipinski definition) is 3. The number of para-hydroxylation sites is 1. The number of fused-ring (bicyclic) bond motifs is 9. The summed E-state index contributed by atoms with van der Waals surface area (Å²) in [6.45, 7) is 0. The van der Waals surface area contributed by atoms with Crippen LogP contribution in [0.5, 0.6) is 0 Å². The predicted molar refractivity (Wildman–Crippen MR) is 178 cm³/mol. The van der Waals surface area contributed by atoms with Gasteiger partial charge < -0.3 is 4.42 Å². The Labute approximate surface area is 247 Å². The molecule has 3 heteroatoms. The summed E-state index contributed by atoms with van der Waals surface area (Å²) in [4.78, 5) is 10.0. The Kier molecular flexibility index (Phi) is 5.20. The first-order chi connectivity index (χ1) is 21.3. The molecule has 200 valence electrons. The molecule has 0 saturated heterocycles. The van der Waals surface area contributed by atoms with E-state index in [9.17, 15) is 0 Å². The van der Waals surface area contributed by atoms with Gasteiger partial charge in [-0.3, -0.25) is 0 Å². The van der Waals surface area contributed by atoms with Crippen molar-refractivity contribution in [2.75, 3.05) is 0 Å². The number of aromatic nitrogens is 2. The molecule has 9 rings (SSSR count). The molecule has 7 aromatic carbocycles. The van der Waals surface area contributed by atoms with Gasteiger partial charge in [0.15, 0.2) is 5.82 Å². The van der Waals surface area contributed by atoms with Crippen molar-refractivity contribution in [2.24, 2.45) is 0 Å². The van der Waals surface area contributed by atoms with Gasteiger partial charge in [0.25, 0.3) is 0 Å². The average molecular weight is 549 g/mol. The van der Waals surface area contributed by atoms with Crippen molar-refractivity contribution in [3.8, 4) is 33.6 Å². The highest BCUT2D eigenvalue weighted by Crippen LogP contribution is 2.36. The van der Waals surface area contributed by atoms with Gasteiger partial charge in [0, 0.05) is 33.3 Å². The Balaban J connectivity index is 1.14. The molecule has 0 aliphatic heterocycles. The number of hydrogen-bond donors (Lipinski definition) is 0. The summed E-state index contributed by atoms with van der Waals surface area (Å²) < 4.78 is 6.05. The molecule has 3 nitrogen and oxygen atoms in total. The monoisotopic (exact) mass is 548 g/mol. The van der Waals surface area contributed by atoms with Gasteiger partial charge in [0.1, 0.15) is 11.2 Å². The Hall–Kier alpha value is -5.80. The maximum atomic E-state index is 6.05. The zero-order valence-electron chi connectivity index (χ0n) is 23.2. The molecular formula is C40H24N2O. The van der Waals surface area contributed by atoms with Crippen LogP contribution in [0.1, 0.15) is 0 Å². The lowest BCUT2D eigenvalue weighted by Crippen LogP contribution is -1.93. The molecule has 0 atom stereocenters. The van der Waals surface area contributed by atoms with Crippen LogP contribution in [0.25, 0.3) is 88.0 Å². The highest BCUT2D eigenvalue weighted by molar-refractivity contribution is 6.24. The lowest BCUT2D eigenvalue weighted by molar-refractivity contribution is 0.669. The Morgan fingerprint density at radius 3 is 1.65 bits per heavy atom. The standard InChI is InChI=1S/C40H24N2O/c1-2-15-32-30(13-1)31-14-3-4-17-34(31)39-36(32)24-41-40(42-39)29-12-8-11-27(22-29)25-9-7-10-26(21-25)28-19-20-38-35(23-28)33-16-5-6-18-37(33)43-38/h1-24H. The van der Waals surface area contributed by atoms with Crippen LogP contribution in [0.2, 0.25) is 0 Å². The van der Waals surface area contributed by atoms with Crippen molar-refractivity contribution >= 4 is 54.4 Å². The van der Waals surface area contributed by atoms with Crippen molar-refractivity contribution in [3.63, 3.8) is 0 Å². The molecule has 43 heavy (non-hydrogen) atoms. The molecule has 9 aromatic rings. The minimum atomic E-state index is 0.725. The first kappa shape index (κ1) is 23.9. The van der Waals surface area contributed by atoms with Crippen LogP contribution in [0.3, 0.4) is 0 Å². The fraction of sp³-hybridized carbons (Fsp3) is 0. The first-order valence-electron chi connectivity index (χ1n) is 14.5. The van der Waals surface area contributed by atoms with Gasteiger partial charge in [-0.05, 0) is 68.7 Å². The Bertz CT molecular complexity index is 2490. The summed E-state index contributed by atoms with van der Waals surface area (Å²) in [7, 11) is 0. The summed E-state index contributed by atoms with van der Waals surface area (Å²) in [6, 6.07) is 48.9. The molecule has 0 aliphatic rings. The van der Waals surface area contributed by atoms with Crippen LogP contribution in [0, 0.1) is 0 Å². The van der Waals surface area contributed by atoms with Crippen LogP contribution >= 0.6 is 0 Å². The van der Waals surface area contributed by atoms with Crippen molar-refractivity contribution < 1.29 is 4.42 Å². The number of nitrogens with zero attached hydrogens (tertiary/aromatic N) is 2. The third-order valence-electron chi connectivity index (χ3n) is 8.51. The number of furan rings is 1. The minimum Gasteiger partial charge on any atom is -0.456 e. The summed E-state index contributed by atoms with van der Waals surface area (Å²) in [5.41, 5.74) is 8.39. The van der Waals surface area contributed by atoms with Crippen LogP contribution < -0.4 is 0 Å². The van der Waals surface area contributed by atoms with E-state index < -0.39 is 0 Å². The molecule has 0 amide bonds. The molecule has 0 N–H and O–H groups in total. The highest BCUT2D eigenvalue weighted by Gasteiger charge is 2.13. The maximum Gasteiger partial charge on any atom is 0.159 e. The van der Waals surface area contributed by atoms with Crippen LogP contribution in [-0.4, -0.2) is 9.97 Å². The van der Waals surface area contributed by atoms with E-state index in [1.807, 2.05) is 18.3 Å². The quantitative estimate of drug-likeness (QED) is 0.206. The SMILES string of the molecule is c1cc(-c2cccc(-c3ncc4c5ccccc5c5ccccc5c4n3)c2)cc(-c2ccc3oc4ccccc4c3c2)c1. The molecule has 2 aromatic heterocycles. The van der Waals surface area contributed by atoms with E-state index in [2.05, 4.69) is 127 Å². The fourth-order valence-corrected chi connectivity index (χ4v) is 6.42. The van der Waals surface area contributed by atoms with Crippen molar-refractivity contribution in [3.05, 3.63) is 146 Å². The van der Waals surface area contributed by atoms with Crippen LogP contribution in [-0.2, 0) is 0 Å². The van der Waals surface area contributed by atoms with E-state index in [1.54, 1.807) is 0 Å². The third kappa shape index (κ3) is 3.83. The van der Waals surface area contributed by atoms with Gasteiger partial charge in [-0.15, -0.1) is 0 Å². The van der Waals surface area contributed by atoms with Gasteiger partial charge >= 0.3 is 0 Å². The van der Waals surface area contributed by atoms with Crippen molar-refractivity contribution in [1.82, 2.24) is 9.97 Å². The Morgan fingerprint density at radius 2 is 0.907 bits per heavy atom. The molecule has 2 heterocycles. The zero-order chi connectivity index (χ0) is 28.3. The zero-order valence-corrected chi connectivity index (χ0v) is 23.2. The lowest BCUT2D eigenvalue weighted by Gasteiger charge is -2.11. The average Bonchev–Trinajstić information content (AvgIpc) is 3.46. The topological polar surface area (TPSA) is 38.9 Å². The van der Waals surface area contributed by atoms with Gasteiger partial charge in [-0.2, -0.15) is 0 Å². The molecule has 0 unspecified atom stereocenters. The lowest BCUT2D eigenvalue weighted by atomic mass is 9.96. The highest BCUT2D eigenvalue weighted by atomic mass is 16.3. The summed E-state index contributed by atoms with van der Waals surface area (Å²) in [5, 5.41) is 8.10. The molecule has 0 spiro atoms. The second-order valence-electron chi connectivity index (χ2n) is 11.0. The largest absolute Gasteiger partial charge is 0.456 e. The second kappa shape index (κ2) is 9.37. The molecular weight excluding hydrogens is 524 g/mol. The van der Waals surface area contributed by atoms with Gasteiger partial charge in [-0.1, -0.05) is 109 Å². The first-order valence-corrected chi connectivity index (χ1v) is 14.5. The van der Waals surface area contributed by atoms with Crippen LogP contribution in [0.4, 0.5) is 0 Å². The minimum absolute atomic E-state index is 0.725. The van der Waals surface area contributed by atoms with E-state index in [0.717, 1.165) is 71.9 Å². The normalized spacial score (nSPS) is 11.7. The van der Waals surface area contributed by atoms with Crippen LogP contribution in [0.15, 0.2) is 150 Å². The molecule has 0 radical (unpaired) electrons. The van der Waals surface area contributed by atoms with E-state index in [-0.39, 0.29) is 0 Å². The van der Waals surface area contributed by atoms with E-state index in [0.29, 0.717) is 0 Å². The van der Waals surface area contributed by atoms with Gasteiger partial charge in [-0.25, -0.2) is 9.97 Å². The van der Waals surface area contributed by atoms with E-state index >= 15 is 0 Å². The van der Waals surface area contributed by atoms with Crippen molar-refractivity contribution in [2.45, 2.75) is 0 Å². The number of benzene rings is 7. The number of rotatable bonds is 3. The summed E-state index contributed by atoms with van der Waals surface area (Å²) >= 11 is 0. The summed E-state index contributed by atoms with van der Waals surface area (Å²) in [5.74, 6) is 0.725. The third-order valence-corrected chi connectivity index (χ3v) is 8.51. The smallest absolute Gasteiger partial charge is 0.159 e. The van der Waals surface area contributed by atoms with E-state index in [4.69, 9.17) is 14.4 Å². The second-order valence-corrected chi connectivity index (χ2v) is 11.0. The summed E-state index contributed by atoms with van der Waals surface area (Å²) in [6.07, 6.45) is 1.98. The molecule has 0 aliphatic carbocycles. The predicted octanol–water partition coefficient (Wildman–Crippen LogP) is 10.8. The van der Waals surface area contributed by atoms with Gasteiger partial charge in [0.05, 0.1) is 5.52 Å². The Morgan fingerprint density at radius 1 is 0.372 bits per heavy atom. The molecule has 0 fully saturated rings. The molecule has 0 saturated carbocycles. The van der Waals surface area contributed by atoms with Gasteiger partial charge in [0.2, 0.25) is 0 Å². The maximum absolute atomic E-state index is 6.05.